The zero-order chi connectivity index (χ0) is 11.4. The highest BCUT2D eigenvalue weighted by Gasteiger charge is 2.25. The van der Waals surface area contributed by atoms with E-state index in [1.54, 1.807) is 0 Å². The predicted molar refractivity (Wildman–Crippen MR) is 66.3 cm³/mol. The van der Waals surface area contributed by atoms with E-state index in [-0.39, 0.29) is 0 Å². The average molecular weight is 213 g/mol. The Labute approximate surface area is 94.8 Å². The van der Waals surface area contributed by atoms with Crippen LogP contribution in [0.15, 0.2) is 0 Å². The first-order chi connectivity index (χ1) is 7.06. The highest BCUT2D eigenvalue weighted by atomic mass is 15.2. The lowest BCUT2D eigenvalue weighted by Crippen LogP contribution is -2.51. The maximum Gasteiger partial charge on any atom is 0.0218 e. The molecule has 2 atom stereocenters. The molecule has 0 aromatic heterocycles. The molecule has 1 saturated heterocycles. The van der Waals surface area contributed by atoms with E-state index in [4.69, 9.17) is 0 Å². The first-order valence-corrected chi connectivity index (χ1v) is 6.14. The Kier molecular flexibility index (Phi) is 5.03. The molecular formula is C12H27N3. The van der Waals surface area contributed by atoms with Crippen molar-refractivity contribution in [3.63, 3.8) is 0 Å². The van der Waals surface area contributed by atoms with E-state index in [9.17, 15) is 0 Å². The quantitative estimate of drug-likeness (QED) is 0.752. The molecule has 15 heavy (non-hydrogen) atoms. The molecule has 3 nitrogen and oxygen atoms in total. The molecule has 1 rings (SSSR count). The summed E-state index contributed by atoms with van der Waals surface area (Å²) in [7, 11) is 6.44. The molecule has 1 aliphatic heterocycles. The summed E-state index contributed by atoms with van der Waals surface area (Å²) >= 11 is 0. The van der Waals surface area contributed by atoms with Crippen LogP contribution in [0.3, 0.4) is 0 Å². The van der Waals surface area contributed by atoms with Gasteiger partial charge in [0, 0.05) is 18.1 Å². The minimum Gasteiger partial charge on any atom is -0.316 e. The van der Waals surface area contributed by atoms with Gasteiger partial charge < -0.3 is 10.2 Å². The minimum absolute atomic E-state index is 0.584. The molecule has 0 aromatic carbocycles. The topological polar surface area (TPSA) is 18.5 Å². The summed E-state index contributed by atoms with van der Waals surface area (Å²) < 4.78 is 0. The van der Waals surface area contributed by atoms with E-state index in [1.807, 2.05) is 7.05 Å². The Balaban J connectivity index is 2.36. The molecule has 90 valence electrons. The molecule has 0 saturated carbocycles. The largest absolute Gasteiger partial charge is 0.316 e. The second-order valence-corrected chi connectivity index (χ2v) is 5.05. The van der Waals surface area contributed by atoms with Crippen molar-refractivity contribution in [1.82, 2.24) is 15.1 Å². The van der Waals surface area contributed by atoms with Crippen molar-refractivity contribution in [3.05, 3.63) is 0 Å². The molecule has 0 bridgehead atoms. The van der Waals surface area contributed by atoms with E-state index in [2.05, 4.69) is 43.1 Å². The summed E-state index contributed by atoms with van der Waals surface area (Å²) in [6.45, 7) is 7.09. The Morgan fingerprint density at radius 1 is 1.20 bits per heavy atom. The number of likely N-dealkylation sites (tertiary alicyclic amines) is 1. The Bertz CT molecular complexity index is 174. The van der Waals surface area contributed by atoms with Crippen LogP contribution in [0.25, 0.3) is 0 Å². The summed E-state index contributed by atoms with van der Waals surface area (Å²) in [5.74, 6) is 0. The third-order valence-corrected chi connectivity index (χ3v) is 3.98. The Hall–Kier alpha value is -0.120. The average Bonchev–Trinajstić information content (AvgIpc) is 2.27. The fraction of sp³-hybridized carbons (Fsp3) is 1.00. The molecule has 2 unspecified atom stereocenters. The third kappa shape index (κ3) is 3.44. The number of nitrogens with one attached hydrogen (secondary N) is 1. The van der Waals surface area contributed by atoms with E-state index in [1.165, 1.54) is 25.9 Å². The van der Waals surface area contributed by atoms with Crippen molar-refractivity contribution in [3.8, 4) is 0 Å². The van der Waals surface area contributed by atoms with Crippen molar-refractivity contribution in [2.24, 2.45) is 0 Å². The van der Waals surface area contributed by atoms with Gasteiger partial charge in [0.25, 0.3) is 0 Å². The number of hydrogen-bond acceptors (Lipinski definition) is 3. The van der Waals surface area contributed by atoms with Gasteiger partial charge >= 0.3 is 0 Å². The normalized spacial score (nSPS) is 24.4. The zero-order valence-corrected chi connectivity index (χ0v) is 11.0. The van der Waals surface area contributed by atoms with Crippen LogP contribution in [0.1, 0.15) is 26.7 Å². The number of nitrogens with zero attached hydrogens (tertiary/aromatic N) is 2. The number of piperidine rings is 1. The van der Waals surface area contributed by atoms with Crippen LogP contribution in [0.4, 0.5) is 0 Å². The van der Waals surface area contributed by atoms with Crippen LogP contribution in [-0.4, -0.2) is 62.2 Å². The second kappa shape index (κ2) is 5.83. The van der Waals surface area contributed by atoms with E-state index < -0.39 is 0 Å². The molecule has 1 N–H and O–H groups in total. The Morgan fingerprint density at radius 3 is 2.13 bits per heavy atom. The molecule has 0 aliphatic carbocycles. The molecular weight excluding hydrogens is 186 g/mol. The summed E-state index contributed by atoms with van der Waals surface area (Å²) in [5, 5.41) is 3.34. The SMILES string of the molecule is CNC(C)C(C)N1CCC(N(C)C)CC1. The molecule has 0 aromatic rings. The molecule has 3 heteroatoms. The van der Waals surface area contributed by atoms with Crippen molar-refractivity contribution in [2.45, 2.75) is 44.8 Å². The van der Waals surface area contributed by atoms with Crippen molar-refractivity contribution < 1.29 is 0 Å². The maximum atomic E-state index is 3.34. The van der Waals surface area contributed by atoms with Crippen LogP contribution in [0, 0.1) is 0 Å². The lowest BCUT2D eigenvalue weighted by Gasteiger charge is -2.40. The van der Waals surface area contributed by atoms with Crippen molar-refractivity contribution >= 4 is 0 Å². The molecule has 1 aliphatic rings. The third-order valence-electron chi connectivity index (χ3n) is 3.98. The number of likely N-dealkylation sites (N-methyl/N-ethyl adjacent to an activating group) is 1. The van der Waals surface area contributed by atoms with Gasteiger partial charge in [0.1, 0.15) is 0 Å². The smallest absolute Gasteiger partial charge is 0.0218 e. The van der Waals surface area contributed by atoms with E-state index in [0.717, 1.165) is 6.04 Å². The first kappa shape index (κ1) is 12.9. The van der Waals surface area contributed by atoms with E-state index >= 15 is 0 Å². The highest BCUT2D eigenvalue weighted by Crippen LogP contribution is 2.17. The standard InChI is InChI=1S/C12H27N3/c1-10(13-3)11(2)15-8-6-12(7-9-15)14(4)5/h10-13H,6-9H2,1-5H3. The maximum absolute atomic E-state index is 3.34. The molecule has 1 heterocycles. The van der Waals surface area contributed by atoms with Gasteiger partial charge in [0.05, 0.1) is 0 Å². The minimum atomic E-state index is 0.584. The van der Waals surface area contributed by atoms with Crippen LogP contribution >= 0.6 is 0 Å². The van der Waals surface area contributed by atoms with Gasteiger partial charge in [-0.3, -0.25) is 4.90 Å². The fourth-order valence-corrected chi connectivity index (χ4v) is 2.37. The second-order valence-electron chi connectivity index (χ2n) is 5.05. The zero-order valence-electron chi connectivity index (χ0n) is 11.0. The monoisotopic (exact) mass is 213 g/mol. The van der Waals surface area contributed by atoms with Crippen LogP contribution in [0.2, 0.25) is 0 Å². The summed E-state index contributed by atoms with van der Waals surface area (Å²) in [6, 6.07) is 2.03. The van der Waals surface area contributed by atoms with Gasteiger partial charge in [-0.05, 0) is 60.9 Å². The van der Waals surface area contributed by atoms with Crippen LogP contribution in [-0.2, 0) is 0 Å². The summed E-state index contributed by atoms with van der Waals surface area (Å²) in [4.78, 5) is 4.98. The van der Waals surface area contributed by atoms with Gasteiger partial charge in [-0.2, -0.15) is 0 Å². The predicted octanol–water partition coefficient (Wildman–Crippen LogP) is 1.01. The molecule has 0 spiro atoms. The lowest BCUT2D eigenvalue weighted by atomic mass is 10.0. The van der Waals surface area contributed by atoms with Gasteiger partial charge in [-0.15, -0.1) is 0 Å². The molecule has 0 radical (unpaired) electrons. The van der Waals surface area contributed by atoms with Crippen molar-refractivity contribution in [1.29, 1.82) is 0 Å². The lowest BCUT2D eigenvalue weighted by molar-refractivity contribution is 0.101. The van der Waals surface area contributed by atoms with Crippen LogP contribution < -0.4 is 5.32 Å². The van der Waals surface area contributed by atoms with Gasteiger partial charge in [-0.1, -0.05) is 0 Å². The Morgan fingerprint density at radius 2 is 1.73 bits per heavy atom. The summed E-state index contributed by atoms with van der Waals surface area (Å²) in [6.07, 6.45) is 2.63. The van der Waals surface area contributed by atoms with Crippen LogP contribution in [0.5, 0.6) is 0 Å². The number of rotatable bonds is 4. The van der Waals surface area contributed by atoms with Crippen molar-refractivity contribution in [2.75, 3.05) is 34.2 Å². The van der Waals surface area contributed by atoms with Gasteiger partial charge in [0.15, 0.2) is 0 Å². The molecule has 1 fully saturated rings. The molecule has 0 amide bonds. The van der Waals surface area contributed by atoms with Gasteiger partial charge in [-0.25, -0.2) is 0 Å². The first-order valence-electron chi connectivity index (χ1n) is 6.14. The summed E-state index contributed by atoms with van der Waals surface area (Å²) in [5.41, 5.74) is 0. The highest BCUT2D eigenvalue weighted by molar-refractivity contribution is 4.83. The van der Waals surface area contributed by atoms with Gasteiger partial charge in [0.2, 0.25) is 0 Å². The fourth-order valence-electron chi connectivity index (χ4n) is 2.37. The number of hydrogen-bond donors (Lipinski definition) is 1. The van der Waals surface area contributed by atoms with E-state index in [0.29, 0.717) is 12.1 Å².